The number of hydrogen-bond donors (Lipinski definition) is 1. The average Bonchev–Trinajstić information content (AvgIpc) is 0.916. The number of likely N-dealkylation sites (tertiary alicyclic amines) is 4. The maximum atomic E-state index is 19.1. The molecule has 4 amide bonds. The number of benzene rings is 2. The van der Waals surface area contributed by atoms with E-state index in [1.54, 1.807) is 32.9 Å². The van der Waals surface area contributed by atoms with Crippen LogP contribution in [0.3, 0.4) is 0 Å². The number of carboxylic acids is 1. The van der Waals surface area contributed by atoms with E-state index in [-0.39, 0.29) is 135 Å². The van der Waals surface area contributed by atoms with Gasteiger partial charge in [-0.3, -0.25) is 38.7 Å². The molecule has 108 heavy (non-hydrogen) atoms. The summed E-state index contributed by atoms with van der Waals surface area (Å²) in [6.07, 6.45) is -21.1. The van der Waals surface area contributed by atoms with Gasteiger partial charge in [-0.15, -0.1) is 22.7 Å². The van der Waals surface area contributed by atoms with Crippen LogP contribution in [0.4, 0.5) is 61.5 Å². The number of carboxylic acid groups (broad SMARTS) is 1. The van der Waals surface area contributed by atoms with Crippen LogP contribution in [0, 0.1) is 0 Å². The predicted molar refractivity (Wildman–Crippen MR) is 364 cm³/mol. The van der Waals surface area contributed by atoms with Crippen LogP contribution in [0.25, 0.3) is 0 Å². The quantitative estimate of drug-likeness (QED) is 0.0305. The lowest BCUT2D eigenvalue weighted by Gasteiger charge is -2.53. The molecule has 4 aliphatic rings. The molecular formula is C74H78F14N6O12S2. The number of nitrogens with zero attached hydrogens (tertiary/aromatic N) is 6. The molecule has 4 fully saturated rings. The smallest absolute Gasteiger partial charge is 0.425 e. The lowest BCUT2D eigenvalue weighted by Crippen LogP contribution is -2.70. The molecule has 6 aromatic rings. The first kappa shape index (κ1) is 81.7. The van der Waals surface area contributed by atoms with E-state index < -0.39 is 216 Å². The Labute approximate surface area is 619 Å². The van der Waals surface area contributed by atoms with E-state index >= 15 is 36.3 Å². The number of aliphatic carboxylic acids is 1. The number of carbonyl (C=O) groups is 6. The summed E-state index contributed by atoms with van der Waals surface area (Å²) in [5.41, 5.74) is -14.7. The van der Waals surface area contributed by atoms with Crippen molar-refractivity contribution in [2.45, 2.75) is 182 Å². The number of hydrogen-bond acceptors (Lipinski definition) is 15. The van der Waals surface area contributed by atoms with Crippen molar-refractivity contribution in [1.82, 2.24) is 29.6 Å². The third-order valence-electron chi connectivity index (χ3n) is 20.0. The third-order valence-corrected chi connectivity index (χ3v) is 21.9. The molecule has 1 N–H and O–H groups in total. The first-order valence-electron chi connectivity index (χ1n) is 35.2. The van der Waals surface area contributed by atoms with Crippen LogP contribution in [0.15, 0.2) is 102 Å². The number of esters is 1. The number of thiophene rings is 2. The Bertz CT molecular complexity index is 4190. The van der Waals surface area contributed by atoms with Gasteiger partial charge in [-0.25, -0.2) is 8.78 Å². The first-order valence-corrected chi connectivity index (χ1v) is 36.9. The maximum Gasteiger partial charge on any atom is 0.425 e. The zero-order chi connectivity index (χ0) is 78.4. The Balaban J connectivity index is 1.06. The SMILES string of the molecule is CCC[C@H]1N(C(=O)c2cnccc2C(F)(F)F)CCC[C@@]1(Oc1csc(C(F)(F)F)c1)C(=O)N1CCC(F)(c2cc(C3CN(C(=O)c4cnccc4C(F)(F)F)[C@H](CCC)[C@](Oc4csc(C(F)(F)F)c4)(C(=O)N4CCC(F)(c5ccccc5OCCCC(=O)OCC)CC4)C3)ccc2OCCCC(=O)O)CC1. The van der Waals surface area contributed by atoms with E-state index in [1.807, 2.05) is 0 Å². The van der Waals surface area contributed by atoms with Crippen molar-refractivity contribution in [2.75, 3.05) is 59.1 Å². The Kier molecular flexibility index (Phi) is 25.1. The van der Waals surface area contributed by atoms with Crippen LogP contribution in [0.5, 0.6) is 23.0 Å². The average molecular weight is 1570 g/mol. The lowest BCUT2D eigenvalue weighted by molar-refractivity contribution is -0.163. The van der Waals surface area contributed by atoms with E-state index in [4.69, 9.17) is 23.7 Å². The minimum Gasteiger partial charge on any atom is -0.493 e. The molecule has 4 saturated heterocycles. The van der Waals surface area contributed by atoms with Gasteiger partial charge in [0, 0.05) is 155 Å². The summed E-state index contributed by atoms with van der Waals surface area (Å²) in [6, 6.07) is 9.30. The number of rotatable bonds is 26. The molecule has 10 rings (SSSR count). The summed E-state index contributed by atoms with van der Waals surface area (Å²) in [5.74, 6) is -8.80. The second-order valence-corrected chi connectivity index (χ2v) is 28.9. The fourth-order valence-electron chi connectivity index (χ4n) is 15.0. The molecule has 0 spiro atoms. The van der Waals surface area contributed by atoms with Gasteiger partial charge in [0.05, 0.1) is 54.2 Å². The van der Waals surface area contributed by atoms with Crippen LogP contribution in [-0.4, -0.2) is 153 Å². The molecule has 8 heterocycles. The minimum atomic E-state index is -5.21. The van der Waals surface area contributed by atoms with Gasteiger partial charge >= 0.3 is 36.6 Å². The van der Waals surface area contributed by atoms with E-state index in [1.165, 1.54) is 35.2 Å². The van der Waals surface area contributed by atoms with Crippen molar-refractivity contribution in [2.24, 2.45) is 0 Å². The third kappa shape index (κ3) is 17.9. The number of pyridine rings is 2. The maximum absolute atomic E-state index is 19.1. The van der Waals surface area contributed by atoms with Crippen molar-refractivity contribution >= 4 is 58.2 Å². The van der Waals surface area contributed by atoms with Crippen molar-refractivity contribution in [3.8, 4) is 23.0 Å². The predicted octanol–water partition coefficient (Wildman–Crippen LogP) is 16.5. The summed E-state index contributed by atoms with van der Waals surface area (Å²) in [5, 5.41) is 11.5. The van der Waals surface area contributed by atoms with Crippen molar-refractivity contribution in [3.63, 3.8) is 0 Å². The van der Waals surface area contributed by atoms with Crippen molar-refractivity contribution < 1.29 is 119 Å². The first-order chi connectivity index (χ1) is 51.0. The van der Waals surface area contributed by atoms with Crippen LogP contribution in [0.1, 0.15) is 181 Å². The largest absolute Gasteiger partial charge is 0.493 e. The molecule has 1 unspecified atom stereocenters. The fourth-order valence-corrected chi connectivity index (χ4v) is 16.3. The molecular weight excluding hydrogens is 1490 g/mol. The van der Waals surface area contributed by atoms with Crippen LogP contribution in [0.2, 0.25) is 0 Å². The van der Waals surface area contributed by atoms with Gasteiger partial charge in [-0.2, -0.15) is 52.7 Å². The van der Waals surface area contributed by atoms with Gasteiger partial charge in [0.25, 0.3) is 23.6 Å². The number of alkyl halides is 14. The Morgan fingerprint density at radius 3 is 1.55 bits per heavy atom. The molecule has 0 saturated carbocycles. The Morgan fingerprint density at radius 2 is 1.05 bits per heavy atom. The number of halogens is 14. The molecule has 34 heteroatoms. The second kappa shape index (κ2) is 33.2. The molecule has 4 aliphatic heterocycles. The molecule has 0 aliphatic carbocycles. The Morgan fingerprint density at radius 1 is 0.565 bits per heavy atom. The van der Waals surface area contributed by atoms with E-state index in [2.05, 4.69) is 9.97 Å². The van der Waals surface area contributed by atoms with E-state index in [0.717, 1.165) is 37.9 Å². The Hall–Kier alpha value is -8.82. The molecule has 18 nitrogen and oxygen atoms in total. The fraction of sp³-hybridized carbons (Fsp3) is 0.514. The minimum absolute atomic E-state index is 0.00222. The number of amides is 4. The summed E-state index contributed by atoms with van der Waals surface area (Å²) >= 11 is 0.402. The van der Waals surface area contributed by atoms with Gasteiger partial charge in [0.1, 0.15) is 44.1 Å². The zero-order valence-corrected chi connectivity index (χ0v) is 60.4. The molecule has 4 aromatic heterocycles. The van der Waals surface area contributed by atoms with Crippen LogP contribution < -0.4 is 18.9 Å². The van der Waals surface area contributed by atoms with E-state index in [0.29, 0.717) is 36.7 Å². The van der Waals surface area contributed by atoms with Crippen molar-refractivity contribution in [1.29, 1.82) is 0 Å². The van der Waals surface area contributed by atoms with E-state index in [9.17, 15) is 59.0 Å². The normalized spacial score (nSPS) is 21.2. The summed E-state index contributed by atoms with van der Waals surface area (Å²) in [7, 11) is 0. The number of aromatic nitrogens is 2. The molecule has 0 bridgehead atoms. The second-order valence-electron chi connectivity index (χ2n) is 27.0. The van der Waals surface area contributed by atoms with Gasteiger partial charge in [-0.1, -0.05) is 51.0 Å². The van der Waals surface area contributed by atoms with Crippen LogP contribution >= 0.6 is 22.7 Å². The standard InChI is InChI=1S/C74H78F14N6O12S2/c1-4-12-57-69(105-47-37-59(107-43-47)73(83,84)85,22-11-29-93(57)63(98)49-40-89-27-20-51(49)71(77,78)79)65(100)91-32-25-68(76,26-33-91)54-36-45(18-19-56(54)104-34-9-16-61(95)96)46-39-70(106-48-38-60(108-44-48)74(86,87)88,58(13-5-2)94(42-46)64(99)50-41-90-28-21-52(50)72(80,81)82)66(101)92-30-23-67(75,24-31-92)53-14-7-8-15-55(53)103-35-10-17-62(97)102-6-3/h7-8,14-15,18-21,27-28,36-38,40-41,43-44,46,57-58H,4-6,9-13,16-17,22-26,29-35,39,42H2,1-3H3,(H,95,96)/t46?,57-,58-,69+,70+/m1/s1. The highest BCUT2D eigenvalue weighted by Crippen LogP contribution is 2.52. The highest BCUT2D eigenvalue weighted by Gasteiger charge is 2.61. The summed E-state index contributed by atoms with van der Waals surface area (Å²) in [4.78, 5) is 95.6. The van der Waals surface area contributed by atoms with Gasteiger partial charge in [-0.05, 0) is 74.9 Å². The highest BCUT2D eigenvalue weighted by molar-refractivity contribution is 7.10. The van der Waals surface area contributed by atoms with Crippen LogP contribution in [-0.2, 0) is 60.0 Å². The topological polar surface area (TPSA) is 208 Å². The molecule has 5 atom stereocenters. The lowest BCUT2D eigenvalue weighted by atomic mass is 9.72. The number of carbonyl (C=O) groups excluding carboxylic acids is 5. The van der Waals surface area contributed by atoms with Gasteiger partial charge < -0.3 is 48.4 Å². The summed E-state index contributed by atoms with van der Waals surface area (Å²) < 4.78 is 243. The van der Waals surface area contributed by atoms with Gasteiger partial charge in [0.2, 0.25) is 11.2 Å². The molecule has 0 radical (unpaired) electrons. The molecule has 586 valence electrons. The van der Waals surface area contributed by atoms with Crippen molar-refractivity contribution in [3.05, 3.63) is 151 Å². The van der Waals surface area contributed by atoms with Gasteiger partial charge in [0.15, 0.2) is 0 Å². The zero-order valence-electron chi connectivity index (χ0n) is 58.7. The summed E-state index contributed by atoms with van der Waals surface area (Å²) in [6.45, 7) is 1.81. The monoisotopic (exact) mass is 1570 g/mol. The molecule has 2 aromatic carbocycles. The number of para-hydroxylation sites is 1. The number of ether oxygens (including phenoxy) is 5. The number of piperidine rings is 4. The highest BCUT2D eigenvalue weighted by atomic mass is 32.1.